The number of halogens is 2. The normalized spacial score (nSPS) is 10.6. The molecule has 14 heavy (non-hydrogen) atoms. The van der Waals surface area contributed by atoms with Gasteiger partial charge in [0.2, 0.25) is 0 Å². The molecule has 0 saturated carbocycles. The highest BCUT2D eigenvalue weighted by Gasteiger charge is 2.08. The molecule has 0 amide bonds. The standard InChI is InChI=1S/C9H11ClFNOS/c1-14-9-7(10)4-6(2-3-13-12)5-8(9)11/h4-5H,2-3,12H2,1H3. The second-order valence-electron chi connectivity index (χ2n) is 2.71. The van der Waals surface area contributed by atoms with Crippen LogP contribution in [0.2, 0.25) is 5.02 Å². The van der Waals surface area contributed by atoms with Gasteiger partial charge in [-0.15, -0.1) is 11.8 Å². The van der Waals surface area contributed by atoms with E-state index in [9.17, 15) is 4.39 Å². The molecule has 1 aromatic carbocycles. The maximum absolute atomic E-state index is 13.4. The number of hydrogen-bond acceptors (Lipinski definition) is 3. The predicted molar refractivity (Wildman–Crippen MR) is 57.0 cm³/mol. The SMILES string of the molecule is CSc1c(F)cc(CCON)cc1Cl. The van der Waals surface area contributed by atoms with Crippen molar-refractivity contribution >= 4 is 23.4 Å². The van der Waals surface area contributed by atoms with E-state index in [4.69, 9.17) is 17.5 Å². The van der Waals surface area contributed by atoms with Crippen molar-refractivity contribution in [2.75, 3.05) is 12.9 Å². The largest absolute Gasteiger partial charge is 0.304 e. The van der Waals surface area contributed by atoms with Gasteiger partial charge in [-0.2, -0.15) is 0 Å². The van der Waals surface area contributed by atoms with Gasteiger partial charge in [-0.25, -0.2) is 10.3 Å². The van der Waals surface area contributed by atoms with Gasteiger partial charge in [-0.3, -0.25) is 0 Å². The van der Waals surface area contributed by atoms with E-state index in [1.807, 2.05) is 0 Å². The zero-order valence-electron chi connectivity index (χ0n) is 7.72. The first-order valence-corrected chi connectivity index (χ1v) is 5.63. The number of nitrogens with two attached hydrogens (primary N) is 1. The summed E-state index contributed by atoms with van der Waals surface area (Å²) >= 11 is 7.17. The second-order valence-corrected chi connectivity index (χ2v) is 3.94. The smallest absolute Gasteiger partial charge is 0.138 e. The van der Waals surface area contributed by atoms with Crippen molar-refractivity contribution in [2.24, 2.45) is 5.90 Å². The first kappa shape index (κ1) is 11.8. The van der Waals surface area contributed by atoms with Gasteiger partial charge in [-0.1, -0.05) is 11.6 Å². The van der Waals surface area contributed by atoms with Gasteiger partial charge < -0.3 is 4.84 Å². The third kappa shape index (κ3) is 2.85. The lowest BCUT2D eigenvalue weighted by Gasteiger charge is -2.06. The Hall–Kier alpha value is -0.290. The number of benzene rings is 1. The van der Waals surface area contributed by atoms with Crippen LogP contribution in [0.15, 0.2) is 17.0 Å². The van der Waals surface area contributed by atoms with E-state index in [1.54, 1.807) is 12.3 Å². The Bertz CT molecular complexity index is 299. The third-order valence-electron chi connectivity index (χ3n) is 1.77. The average Bonchev–Trinajstić information content (AvgIpc) is 2.14. The van der Waals surface area contributed by atoms with Crippen LogP contribution in [0.3, 0.4) is 0 Å². The molecule has 0 heterocycles. The molecule has 1 aromatic rings. The van der Waals surface area contributed by atoms with Crippen LogP contribution in [0, 0.1) is 5.82 Å². The van der Waals surface area contributed by atoms with Gasteiger partial charge in [0.1, 0.15) is 5.82 Å². The number of thioether (sulfide) groups is 1. The minimum absolute atomic E-state index is 0.294. The van der Waals surface area contributed by atoms with Crippen molar-refractivity contribution in [3.63, 3.8) is 0 Å². The van der Waals surface area contributed by atoms with E-state index in [-0.39, 0.29) is 5.82 Å². The highest BCUT2D eigenvalue weighted by atomic mass is 35.5. The molecule has 0 atom stereocenters. The summed E-state index contributed by atoms with van der Waals surface area (Å²) in [5.41, 5.74) is 0.788. The average molecular weight is 236 g/mol. The maximum atomic E-state index is 13.4. The fourth-order valence-electron chi connectivity index (χ4n) is 1.13. The lowest BCUT2D eigenvalue weighted by atomic mass is 10.1. The van der Waals surface area contributed by atoms with Crippen molar-refractivity contribution in [2.45, 2.75) is 11.3 Å². The number of hydrogen-bond donors (Lipinski definition) is 1. The monoisotopic (exact) mass is 235 g/mol. The van der Waals surface area contributed by atoms with Crippen LogP contribution in [-0.4, -0.2) is 12.9 Å². The predicted octanol–water partition coefficient (Wildman–Crippen LogP) is 2.63. The molecule has 0 saturated heterocycles. The summed E-state index contributed by atoms with van der Waals surface area (Å²) < 4.78 is 13.4. The molecular formula is C9H11ClFNOS. The molecule has 0 radical (unpaired) electrons. The molecule has 0 aromatic heterocycles. The Labute approximate surface area is 91.5 Å². The van der Waals surface area contributed by atoms with Crippen LogP contribution in [0.25, 0.3) is 0 Å². The maximum Gasteiger partial charge on any atom is 0.138 e. The Kier molecular flexibility index (Phi) is 4.68. The molecule has 0 bridgehead atoms. The van der Waals surface area contributed by atoms with Gasteiger partial charge in [0, 0.05) is 0 Å². The van der Waals surface area contributed by atoms with Crippen LogP contribution in [0.1, 0.15) is 5.56 Å². The van der Waals surface area contributed by atoms with Gasteiger partial charge in [0.05, 0.1) is 16.5 Å². The Balaban J connectivity index is 2.90. The highest BCUT2D eigenvalue weighted by Crippen LogP contribution is 2.29. The summed E-state index contributed by atoms with van der Waals surface area (Å²) in [7, 11) is 0. The van der Waals surface area contributed by atoms with Crippen LogP contribution in [0.4, 0.5) is 4.39 Å². The summed E-state index contributed by atoms with van der Waals surface area (Å²) in [4.78, 5) is 4.89. The van der Waals surface area contributed by atoms with Crippen molar-refractivity contribution in [1.82, 2.24) is 0 Å². The zero-order chi connectivity index (χ0) is 10.6. The highest BCUT2D eigenvalue weighted by molar-refractivity contribution is 7.98. The second kappa shape index (κ2) is 5.56. The quantitative estimate of drug-likeness (QED) is 0.644. The van der Waals surface area contributed by atoms with Crippen LogP contribution in [0.5, 0.6) is 0 Å². The van der Waals surface area contributed by atoms with Gasteiger partial charge >= 0.3 is 0 Å². The molecule has 0 fully saturated rings. The molecule has 0 unspecified atom stereocenters. The Morgan fingerprint density at radius 1 is 1.57 bits per heavy atom. The molecule has 1 rings (SSSR count). The molecule has 0 aliphatic carbocycles. The first-order valence-electron chi connectivity index (χ1n) is 4.02. The summed E-state index contributed by atoms with van der Waals surface area (Å²) in [5.74, 6) is 4.58. The molecule has 2 N–H and O–H groups in total. The topological polar surface area (TPSA) is 35.2 Å². The Morgan fingerprint density at radius 3 is 2.79 bits per heavy atom. The zero-order valence-corrected chi connectivity index (χ0v) is 9.29. The fourth-order valence-corrected chi connectivity index (χ4v) is 2.10. The van der Waals surface area contributed by atoms with E-state index in [1.165, 1.54) is 17.8 Å². The first-order chi connectivity index (χ1) is 6.69. The van der Waals surface area contributed by atoms with Gasteiger partial charge in [0.15, 0.2) is 0 Å². The molecule has 0 spiro atoms. The van der Waals surface area contributed by atoms with E-state index in [0.29, 0.717) is 22.9 Å². The van der Waals surface area contributed by atoms with Crippen molar-refractivity contribution in [1.29, 1.82) is 0 Å². The summed E-state index contributed by atoms with van der Waals surface area (Å²) in [6.07, 6.45) is 2.34. The number of rotatable bonds is 4. The van der Waals surface area contributed by atoms with Crippen LogP contribution in [-0.2, 0) is 11.3 Å². The summed E-state index contributed by atoms with van der Waals surface area (Å²) in [6, 6.07) is 3.19. The van der Waals surface area contributed by atoms with Crippen molar-refractivity contribution in [3.8, 4) is 0 Å². The minimum atomic E-state index is -0.294. The summed E-state index contributed by atoms with van der Waals surface area (Å²) in [6.45, 7) is 0.356. The van der Waals surface area contributed by atoms with Gasteiger partial charge in [-0.05, 0) is 30.4 Å². The van der Waals surface area contributed by atoms with Gasteiger partial charge in [0.25, 0.3) is 0 Å². The molecule has 0 aliphatic rings. The molecule has 0 aliphatic heterocycles. The molecule has 5 heteroatoms. The van der Waals surface area contributed by atoms with E-state index in [2.05, 4.69) is 4.84 Å². The van der Waals surface area contributed by atoms with E-state index >= 15 is 0 Å². The molecule has 2 nitrogen and oxygen atoms in total. The Morgan fingerprint density at radius 2 is 2.29 bits per heavy atom. The lowest BCUT2D eigenvalue weighted by molar-refractivity contribution is 0.141. The third-order valence-corrected chi connectivity index (χ3v) is 3.00. The van der Waals surface area contributed by atoms with E-state index < -0.39 is 0 Å². The van der Waals surface area contributed by atoms with Crippen LogP contribution >= 0.6 is 23.4 Å². The van der Waals surface area contributed by atoms with Crippen molar-refractivity contribution < 1.29 is 9.23 Å². The minimum Gasteiger partial charge on any atom is -0.304 e. The van der Waals surface area contributed by atoms with E-state index in [0.717, 1.165) is 5.56 Å². The van der Waals surface area contributed by atoms with Crippen molar-refractivity contribution in [3.05, 3.63) is 28.5 Å². The molecular weight excluding hydrogens is 225 g/mol. The van der Waals surface area contributed by atoms with Crippen LogP contribution < -0.4 is 5.90 Å². The molecule has 78 valence electrons. The fraction of sp³-hybridized carbons (Fsp3) is 0.333. The summed E-state index contributed by atoms with van der Waals surface area (Å²) in [5, 5.41) is 0.435. The lowest BCUT2D eigenvalue weighted by Crippen LogP contribution is -2.04.